The Morgan fingerprint density at radius 2 is 2.00 bits per heavy atom. The summed E-state index contributed by atoms with van der Waals surface area (Å²) in [6.07, 6.45) is 3.80. The van der Waals surface area contributed by atoms with Crippen LogP contribution in [0.25, 0.3) is 17.4 Å². The molecule has 0 unspecified atom stereocenters. The number of carbonyl (C=O) groups excluding carboxylic acids is 1. The predicted octanol–water partition coefficient (Wildman–Crippen LogP) is 6.97. The van der Waals surface area contributed by atoms with Gasteiger partial charge in [-0.1, -0.05) is 28.1 Å². The molecule has 0 radical (unpaired) electrons. The minimum atomic E-state index is -0.0887. The first-order valence-corrected chi connectivity index (χ1v) is 12.0. The van der Waals surface area contributed by atoms with E-state index in [0.717, 1.165) is 26.4 Å². The lowest BCUT2D eigenvalue weighted by Gasteiger charge is -2.07. The number of carbonyl (C=O) groups is 1. The molecule has 1 saturated heterocycles. The number of likely N-dealkylation sites (N-methyl/N-ethyl adjacent to an activating group) is 1. The SMILES string of the molecule is CSc1cccc(N=C2S/C(=C/c3ccc(-c4ccc(C)cc4Br)o3)C(=O)N2C)c1. The molecule has 3 aromatic rings. The van der Waals surface area contributed by atoms with E-state index in [1.807, 2.05) is 61.7 Å². The van der Waals surface area contributed by atoms with Crippen molar-refractivity contribution in [2.24, 2.45) is 4.99 Å². The summed E-state index contributed by atoms with van der Waals surface area (Å²) in [6.45, 7) is 2.04. The van der Waals surface area contributed by atoms with Crippen LogP contribution in [0.2, 0.25) is 0 Å². The third-order valence-electron chi connectivity index (χ3n) is 4.57. The maximum Gasteiger partial charge on any atom is 0.266 e. The second kappa shape index (κ2) is 8.88. The van der Waals surface area contributed by atoms with Gasteiger partial charge in [0.2, 0.25) is 0 Å². The summed E-state index contributed by atoms with van der Waals surface area (Å²) in [7, 11) is 1.74. The third-order valence-corrected chi connectivity index (χ3v) is 7.01. The fraction of sp³-hybridized carbons (Fsp3) is 0.130. The first-order chi connectivity index (χ1) is 14.4. The van der Waals surface area contributed by atoms with E-state index >= 15 is 0 Å². The van der Waals surface area contributed by atoms with Crippen molar-refractivity contribution in [1.29, 1.82) is 0 Å². The van der Waals surface area contributed by atoms with Gasteiger partial charge in [0.15, 0.2) is 5.17 Å². The van der Waals surface area contributed by atoms with Crippen LogP contribution in [0.5, 0.6) is 0 Å². The Labute approximate surface area is 192 Å². The van der Waals surface area contributed by atoms with Gasteiger partial charge in [0.25, 0.3) is 5.91 Å². The average Bonchev–Trinajstić information content (AvgIpc) is 3.29. The van der Waals surface area contributed by atoms with Crippen LogP contribution >= 0.6 is 39.5 Å². The van der Waals surface area contributed by atoms with Crippen LogP contribution in [0.15, 0.2) is 78.3 Å². The Kier molecular flexibility index (Phi) is 6.22. The highest BCUT2D eigenvalue weighted by Crippen LogP contribution is 2.35. The lowest BCUT2D eigenvalue weighted by Crippen LogP contribution is -2.23. The van der Waals surface area contributed by atoms with E-state index in [1.165, 1.54) is 17.3 Å². The van der Waals surface area contributed by atoms with Crippen molar-refractivity contribution in [3.63, 3.8) is 0 Å². The first-order valence-electron chi connectivity index (χ1n) is 9.21. The van der Waals surface area contributed by atoms with Gasteiger partial charge >= 0.3 is 0 Å². The van der Waals surface area contributed by atoms with Crippen LogP contribution in [0, 0.1) is 6.92 Å². The number of aliphatic imine (C=N–C) groups is 1. The summed E-state index contributed by atoms with van der Waals surface area (Å²) >= 11 is 6.61. The van der Waals surface area contributed by atoms with Crippen molar-refractivity contribution >= 4 is 62.3 Å². The highest BCUT2D eigenvalue weighted by Gasteiger charge is 2.30. The summed E-state index contributed by atoms with van der Waals surface area (Å²) in [4.78, 5) is 20.7. The summed E-state index contributed by atoms with van der Waals surface area (Å²) in [5.74, 6) is 1.29. The molecular formula is C23H19BrN2O2S2. The molecule has 30 heavy (non-hydrogen) atoms. The quantitative estimate of drug-likeness (QED) is 0.287. The number of aryl methyl sites for hydroxylation is 1. The van der Waals surface area contributed by atoms with E-state index in [-0.39, 0.29) is 5.91 Å². The molecule has 1 aliphatic heterocycles. The van der Waals surface area contributed by atoms with E-state index in [0.29, 0.717) is 15.8 Å². The van der Waals surface area contributed by atoms with Gasteiger partial charge in [-0.15, -0.1) is 11.8 Å². The van der Waals surface area contributed by atoms with Gasteiger partial charge in [-0.05, 0) is 73.0 Å². The van der Waals surface area contributed by atoms with Crippen molar-refractivity contribution in [3.8, 4) is 11.3 Å². The smallest absolute Gasteiger partial charge is 0.266 e. The van der Waals surface area contributed by atoms with Crippen LogP contribution in [0.3, 0.4) is 0 Å². The van der Waals surface area contributed by atoms with Crippen molar-refractivity contribution < 1.29 is 9.21 Å². The van der Waals surface area contributed by atoms with Crippen LogP contribution in [-0.4, -0.2) is 29.3 Å². The summed E-state index contributed by atoms with van der Waals surface area (Å²) in [5, 5.41) is 0.651. The molecule has 4 rings (SSSR count). The summed E-state index contributed by atoms with van der Waals surface area (Å²) < 4.78 is 6.96. The van der Waals surface area contributed by atoms with E-state index in [1.54, 1.807) is 29.8 Å². The molecule has 0 N–H and O–H groups in total. The minimum Gasteiger partial charge on any atom is -0.457 e. The van der Waals surface area contributed by atoms with Crippen molar-refractivity contribution in [2.45, 2.75) is 11.8 Å². The largest absolute Gasteiger partial charge is 0.457 e. The number of hydrogen-bond acceptors (Lipinski definition) is 5. The summed E-state index contributed by atoms with van der Waals surface area (Å²) in [6, 6.07) is 17.9. The van der Waals surface area contributed by atoms with Gasteiger partial charge in [-0.3, -0.25) is 9.69 Å². The topological polar surface area (TPSA) is 45.8 Å². The minimum absolute atomic E-state index is 0.0887. The molecule has 152 valence electrons. The molecule has 0 atom stereocenters. The Bertz CT molecular complexity index is 1180. The number of halogens is 1. The molecule has 2 heterocycles. The second-order valence-electron chi connectivity index (χ2n) is 6.76. The number of nitrogens with zero attached hydrogens (tertiary/aromatic N) is 2. The molecule has 1 amide bonds. The van der Waals surface area contributed by atoms with Gasteiger partial charge in [-0.2, -0.15) is 0 Å². The Hall–Kier alpha value is -2.22. The number of hydrogen-bond donors (Lipinski definition) is 0. The van der Waals surface area contributed by atoms with Gasteiger partial charge in [-0.25, -0.2) is 4.99 Å². The Morgan fingerprint density at radius 1 is 1.17 bits per heavy atom. The van der Waals surface area contributed by atoms with E-state index < -0.39 is 0 Å². The molecule has 0 saturated carbocycles. The number of benzene rings is 2. The van der Waals surface area contributed by atoms with Gasteiger partial charge in [0.05, 0.1) is 10.6 Å². The summed E-state index contributed by atoms with van der Waals surface area (Å²) in [5.41, 5.74) is 2.98. The fourth-order valence-electron chi connectivity index (χ4n) is 2.97. The second-order valence-corrected chi connectivity index (χ2v) is 9.50. The maximum atomic E-state index is 12.7. The molecule has 1 aliphatic rings. The Balaban J connectivity index is 1.59. The molecule has 1 aromatic heterocycles. The number of furan rings is 1. The standard InChI is InChI=1S/C23H19BrN2O2S2/c1-14-7-9-18(19(24)11-14)20-10-8-16(28-20)13-21-22(27)26(2)23(30-21)25-15-5-4-6-17(12-15)29-3/h4-13H,1-3H3/b21-13+,25-23?. The lowest BCUT2D eigenvalue weighted by molar-refractivity contribution is -0.121. The highest BCUT2D eigenvalue weighted by atomic mass is 79.9. The maximum absolute atomic E-state index is 12.7. The molecule has 1 fully saturated rings. The van der Waals surface area contributed by atoms with Crippen molar-refractivity contribution in [3.05, 3.63) is 75.3 Å². The molecule has 2 aromatic carbocycles. The predicted molar refractivity (Wildman–Crippen MR) is 130 cm³/mol. The van der Waals surface area contributed by atoms with E-state index in [9.17, 15) is 4.79 Å². The zero-order valence-electron chi connectivity index (χ0n) is 16.7. The molecule has 0 aliphatic carbocycles. The lowest BCUT2D eigenvalue weighted by atomic mass is 10.1. The number of rotatable bonds is 4. The van der Waals surface area contributed by atoms with E-state index in [2.05, 4.69) is 27.0 Å². The van der Waals surface area contributed by atoms with Gasteiger partial charge in [0.1, 0.15) is 11.5 Å². The monoisotopic (exact) mass is 498 g/mol. The highest BCUT2D eigenvalue weighted by molar-refractivity contribution is 9.10. The van der Waals surface area contributed by atoms with Crippen LogP contribution in [-0.2, 0) is 4.79 Å². The fourth-order valence-corrected chi connectivity index (χ4v) is 5.08. The van der Waals surface area contributed by atoms with Gasteiger partial charge in [0, 0.05) is 28.1 Å². The Morgan fingerprint density at radius 3 is 2.77 bits per heavy atom. The van der Waals surface area contributed by atoms with E-state index in [4.69, 9.17) is 4.42 Å². The number of amides is 1. The normalized spacial score (nSPS) is 16.8. The molecule has 0 bridgehead atoms. The van der Waals surface area contributed by atoms with Crippen molar-refractivity contribution in [1.82, 2.24) is 4.90 Å². The molecule has 4 nitrogen and oxygen atoms in total. The molecular weight excluding hydrogens is 480 g/mol. The van der Waals surface area contributed by atoms with Gasteiger partial charge < -0.3 is 4.42 Å². The molecule has 7 heteroatoms. The number of thioether (sulfide) groups is 2. The van der Waals surface area contributed by atoms with Crippen LogP contribution in [0.1, 0.15) is 11.3 Å². The first kappa shape index (κ1) is 21.0. The van der Waals surface area contributed by atoms with Crippen molar-refractivity contribution in [2.75, 3.05) is 13.3 Å². The molecule has 0 spiro atoms. The zero-order chi connectivity index (χ0) is 21.3. The third kappa shape index (κ3) is 4.43. The van der Waals surface area contributed by atoms with Crippen LogP contribution < -0.4 is 0 Å². The zero-order valence-corrected chi connectivity index (χ0v) is 19.9. The average molecular weight is 499 g/mol. The number of amidine groups is 1. The van der Waals surface area contributed by atoms with Crippen LogP contribution in [0.4, 0.5) is 5.69 Å².